The number of aryl methyl sites for hydroxylation is 1. The quantitative estimate of drug-likeness (QED) is 0.184. The number of nitrogens with zero attached hydrogens (tertiary/aromatic N) is 2. The van der Waals surface area contributed by atoms with Crippen LogP contribution in [0.25, 0.3) is 32.8 Å². The Morgan fingerprint density at radius 3 is 2.02 bits per heavy atom. The molecule has 16 heteroatoms. The van der Waals surface area contributed by atoms with E-state index in [0.717, 1.165) is 9.47 Å². The van der Waals surface area contributed by atoms with Crippen molar-refractivity contribution in [2.45, 2.75) is 63.2 Å². The van der Waals surface area contributed by atoms with E-state index in [4.69, 9.17) is 0 Å². The Morgan fingerprint density at radius 2 is 1.45 bits per heavy atom. The highest BCUT2D eigenvalue weighted by Crippen LogP contribution is 2.48. The van der Waals surface area contributed by atoms with Crippen molar-refractivity contribution in [3.05, 3.63) is 82.1 Å². The van der Waals surface area contributed by atoms with Crippen LogP contribution >= 0.6 is 0 Å². The number of carboxylic acids is 1. The average Bonchev–Trinajstić information content (AvgIpc) is 3.04. The molecule has 0 aliphatic carbocycles. The predicted molar refractivity (Wildman–Crippen MR) is 170 cm³/mol. The molecule has 2 heterocycles. The number of aromatic nitrogens is 1. The fourth-order valence-electron chi connectivity index (χ4n) is 7.08. The summed E-state index contributed by atoms with van der Waals surface area (Å²) in [6.45, 7) is -0.202. The summed E-state index contributed by atoms with van der Waals surface area (Å²) in [5.41, 5.74) is -5.94. The topological polar surface area (TPSA) is 91.6 Å². The number of carboxylic acid groups (broad SMARTS) is 1. The van der Waals surface area contributed by atoms with Gasteiger partial charge in [-0.1, -0.05) is 61.5 Å². The zero-order chi connectivity index (χ0) is 37.7. The number of likely N-dealkylation sites (tertiary alicyclic amines) is 1. The van der Waals surface area contributed by atoms with Crippen molar-refractivity contribution in [3.63, 3.8) is 0 Å². The van der Waals surface area contributed by atoms with Gasteiger partial charge >= 0.3 is 24.5 Å². The maximum absolute atomic E-state index is 14.7. The largest absolute Gasteiger partial charge is 0.480 e. The van der Waals surface area contributed by atoms with E-state index in [2.05, 4.69) is 0 Å². The van der Waals surface area contributed by atoms with Crippen LogP contribution in [0.4, 0.5) is 39.5 Å². The first kappa shape index (κ1) is 37.7. The molecule has 1 aliphatic rings. The number of halogens is 9. The molecular weight excluding hydrogens is 697 g/mol. The van der Waals surface area contributed by atoms with Crippen molar-refractivity contribution in [1.29, 1.82) is 0 Å². The van der Waals surface area contributed by atoms with Crippen LogP contribution in [0.1, 0.15) is 37.3 Å². The molecule has 1 fully saturated rings. The molecule has 1 amide bonds. The van der Waals surface area contributed by atoms with Gasteiger partial charge in [0, 0.05) is 31.9 Å². The highest BCUT2D eigenvalue weighted by atomic mass is 19.4. The fourth-order valence-corrected chi connectivity index (χ4v) is 7.08. The van der Waals surface area contributed by atoms with Crippen molar-refractivity contribution in [3.8, 4) is 11.1 Å². The normalized spacial score (nSPS) is 17.0. The standard InChI is InChI=1S/C35H32F9N3O4/c1-3-26(33(36,37)38)47-16-14-32(15-17-47,35(42,43)44)31(51)45-24(30(49)50)18-19-8-6-11-21-20(19)10-7-12-22(21)27-28(34(39,40)41)23-9-4-5-13-25(23)46(2)29(27)48/h4-13,24,26H,3,14-18H2,1-2H3,(H,45,51)(H,49,50)/t24-,26+/m0/s1. The summed E-state index contributed by atoms with van der Waals surface area (Å²) in [6, 6.07) is 9.74. The molecule has 2 atom stereocenters. The Labute approximate surface area is 284 Å². The number of alkyl halides is 9. The van der Waals surface area contributed by atoms with Crippen molar-refractivity contribution in [1.82, 2.24) is 14.8 Å². The molecule has 2 N–H and O–H groups in total. The average molecular weight is 730 g/mol. The van der Waals surface area contributed by atoms with Crippen LogP contribution in [-0.2, 0) is 29.2 Å². The summed E-state index contributed by atoms with van der Waals surface area (Å²) in [7, 11) is 1.32. The summed E-state index contributed by atoms with van der Waals surface area (Å²) < 4.78 is 129. The molecule has 1 aliphatic heterocycles. The van der Waals surface area contributed by atoms with Crippen LogP contribution < -0.4 is 10.9 Å². The Bertz CT molecular complexity index is 2030. The van der Waals surface area contributed by atoms with Crippen LogP contribution in [0, 0.1) is 5.41 Å². The van der Waals surface area contributed by atoms with E-state index in [-0.39, 0.29) is 32.8 Å². The molecule has 1 aromatic heterocycles. The molecule has 7 nitrogen and oxygen atoms in total. The van der Waals surface area contributed by atoms with E-state index in [0.29, 0.717) is 0 Å². The zero-order valence-corrected chi connectivity index (χ0v) is 27.1. The number of hydrogen-bond donors (Lipinski definition) is 2. The number of aliphatic carboxylic acids is 1. The Balaban J connectivity index is 1.53. The first-order valence-electron chi connectivity index (χ1n) is 15.8. The highest BCUT2D eigenvalue weighted by Gasteiger charge is 2.62. The van der Waals surface area contributed by atoms with Gasteiger partial charge in [0.15, 0.2) is 0 Å². The number of fused-ring (bicyclic) bond motifs is 2. The lowest BCUT2D eigenvalue weighted by Crippen LogP contribution is -2.61. The minimum absolute atomic E-state index is 0.0346. The highest BCUT2D eigenvalue weighted by molar-refractivity contribution is 6.02. The van der Waals surface area contributed by atoms with Gasteiger partial charge in [0.1, 0.15) is 17.5 Å². The number of amides is 1. The summed E-state index contributed by atoms with van der Waals surface area (Å²) in [5.74, 6) is -3.44. The second-order valence-electron chi connectivity index (χ2n) is 12.6. The number of nitrogens with one attached hydrogen (secondary N) is 1. The maximum atomic E-state index is 14.7. The molecule has 0 saturated carbocycles. The smallest absolute Gasteiger partial charge is 0.417 e. The van der Waals surface area contributed by atoms with Gasteiger partial charge in [-0.25, -0.2) is 4.79 Å². The number of hydrogen-bond acceptors (Lipinski definition) is 4. The third-order valence-corrected chi connectivity index (χ3v) is 9.73. The Kier molecular flexibility index (Phi) is 9.97. The molecular formula is C35H32F9N3O4. The van der Waals surface area contributed by atoms with E-state index in [1.165, 1.54) is 74.6 Å². The molecule has 274 valence electrons. The number of pyridine rings is 1. The van der Waals surface area contributed by atoms with E-state index in [9.17, 15) is 59.0 Å². The summed E-state index contributed by atoms with van der Waals surface area (Å²) >= 11 is 0. The third kappa shape index (κ3) is 6.89. The number of piperidine rings is 1. The SMILES string of the molecule is CC[C@@H](N1CCC(C(=O)N[C@@H](Cc2cccc3c(-c4c(C(F)(F)F)c5ccccc5n(C)c4=O)cccc23)C(=O)O)(C(F)(F)F)CC1)C(F)(F)F. The minimum atomic E-state index is -5.23. The first-order chi connectivity index (χ1) is 23.7. The zero-order valence-electron chi connectivity index (χ0n) is 27.1. The van der Waals surface area contributed by atoms with Gasteiger partial charge < -0.3 is 15.0 Å². The van der Waals surface area contributed by atoms with E-state index in [1.807, 2.05) is 5.32 Å². The summed E-state index contributed by atoms with van der Waals surface area (Å²) in [5, 5.41) is 12.0. The predicted octanol–water partition coefficient (Wildman–Crippen LogP) is 7.47. The third-order valence-electron chi connectivity index (χ3n) is 9.73. The summed E-state index contributed by atoms with van der Waals surface area (Å²) in [6.07, 6.45) is -18.0. The number of rotatable bonds is 8. The van der Waals surface area contributed by atoms with Gasteiger partial charge in [-0.2, -0.15) is 39.5 Å². The van der Waals surface area contributed by atoms with Crippen LogP contribution in [0.3, 0.4) is 0 Å². The van der Waals surface area contributed by atoms with Gasteiger partial charge in [-0.05, 0) is 47.2 Å². The van der Waals surface area contributed by atoms with Crippen molar-refractivity contribution < 1.29 is 54.2 Å². The van der Waals surface area contributed by atoms with Gasteiger partial charge in [0.05, 0.1) is 16.6 Å². The van der Waals surface area contributed by atoms with Crippen molar-refractivity contribution in [2.24, 2.45) is 12.5 Å². The lowest BCUT2D eigenvalue weighted by Gasteiger charge is -2.44. The molecule has 0 bridgehead atoms. The van der Waals surface area contributed by atoms with Gasteiger partial charge in [0.2, 0.25) is 5.91 Å². The Morgan fingerprint density at radius 1 is 0.863 bits per heavy atom. The number of para-hydroxylation sites is 1. The Hall–Kier alpha value is -4.60. The van der Waals surface area contributed by atoms with Crippen LogP contribution in [-0.4, -0.2) is 64.0 Å². The van der Waals surface area contributed by atoms with Crippen LogP contribution in [0.5, 0.6) is 0 Å². The molecule has 5 rings (SSSR count). The van der Waals surface area contributed by atoms with E-state index < -0.39 is 103 Å². The van der Waals surface area contributed by atoms with E-state index >= 15 is 0 Å². The molecule has 1 saturated heterocycles. The van der Waals surface area contributed by atoms with E-state index in [1.54, 1.807) is 0 Å². The van der Waals surface area contributed by atoms with Gasteiger partial charge in [-0.15, -0.1) is 0 Å². The molecule has 4 aromatic rings. The lowest BCUT2D eigenvalue weighted by molar-refractivity contribution is -0.241. The van der Waals surface area contributed by atoms with Crippen LogP contribution in [0.15, 0.2) is 65.5 Å². The summed E-state index contributed by atoms with van der Waals surface area (Å²) in [4.78, 5) is 40.1. The lowest BCUT2D eigenvalue weighted by atomic mass is 9.76. The number of carbonyl (C=O) groups excluding carboxylic acids is 1. The maximum Gasteiger partial charge on any atom is 0.417 e. The molecule has 51 heavy (non-hydrogen) atoms. The number of benzene rings is 3. The second kappa shape index (κ2) is 13.5. The minimum Gasteiger partial charge on any atom is -0.480 e. The molecule has 0 spiro atoms. The van der Waals surface area contributed by atoms with Gasteiger partial charge in [-0.3, -0.25) is 14.5 Å². The molecule has 0 radical (unpaired) electrons. The van der Waals surface area contributed by atoms with Crippen molar-refractivity contribution in [2.75, 3.05) is 13.1 Å². The molecule has 3 aromatic carbocycles. The van der Waals surface area contributed by atoms with Crippen molar-refractivity contribution >= 4 is 33.6 Å². The number of carbonyl (C=O) groups is 2. The second-order valence-corrected chi connectivity index (χ2v) is 12.6. The monoisotopic (exact) mass is 729 g/mol. The fraction of sp³-hybridized carbons (Fsp3) is 0.400. The van der Waals surface area contributed by atoms with Crippen LogP contribution in [0.2, 0.25) is 0 Å². The first-order valence-corrected chi connectivity index (χ1v) is 15.8. The van der Waals surface area contributed by atoms with Gasteiger partial charge in [0.25, 0.3) is 5.56 Å². The molecule has 0 unspecified atom stereocenters.